The van der Waals surface area contributed by atoms with E-state index in [0.29, 0.717) is 6.42 Å². The van der Waals surface area contributed by atoms with E-state index < -0.39 is 0 Å². The molecule has 0 spiro atoms. The molecule has 0 aromatic carbocycles. The molecule has 3 nitrogen and oxygen atoms in total. The molecule has 0 atom stereocenters. The summed E-state index contributed by atoms with van der Waals surface area (Å²) in [6.07, 6.45) is 4.17. The van der Waals surface area contributed by atoms with Crippen LogP contribution in [0.2, 0.25) is 0 Å². The largest absolute Gasteiger partial charge is 0.469 e. The van der Waals surface area contributed by atoms with Crippen LogP contribution in [0.25, 0.3) is 0 Å². The molecule has 0 amide bonds. The summed E-state index contributed by atoms with van der Waals surface area (Å²) in [6, 6.07) is 0. The van der Waals surface area contributed by atoms with Crippen LogP contribution in [0.4, 0.5) is 0 Å². The molecule has 70 valence electrons. The van der Waals surface area contributed by atoms with Crippen LogP contribution in [0.1, 0.15) is 19.3 Å². The highest BCUT2D eigenvalue weighted by Gasteiger charge is 1.97. The van der Waals surface area contributed by atoms with Crippen molar-refractivity contribution in [3.63, 3.8) is 0 Å². The van der Waals surface area contributed by atoms with E-state index in [1.165, 1.54) is 7.11 Å². The van der Waals surface area contributed by atoms with Crippen molar-refractivity contribution in [3.05, 3.63) is 12.7 Å². The van der Waals surface area contributed by atoms with Crippen LogP contribution >= 0.6 is 0 Å². The molecule has 0 unspecified atom stereocenters. The molecular formula is C9H17NO2. The van der Waals surface area contributed by atoms with Crippen molar-refractivity contribution in [3.8, 4) is 0 Å². The Bertz CT molecular complexity index is 134. The summed E-state index contributed by atoms with van der Waals surface area (Å²) in [5.41, 5.74) is 0. The Morgan fingerprint density at radius 3 is 2.92 bits per heavy atom. The fourth-order valence-electron chi connectivity index (χ4n) is 0.789. The van der Waals surface area contributed by atoms with E-state index in [0.717, 1.165) is 25.9 Å². The maximum atomic E-state index is 10.6. The minimum atomic E-state index is -0.138. The predicted octanol–water partition coefficient (Wildman–Crippen LogP) is 1.11. The van der Waals surface area contributed by atoms with E-state index in [2.05, 4.69) is 16.6 Å². The van der Waals surface area contributed by atoms with Gasteiger partial charge in [-0.25, -0.2) is 0 Å². The Labute approximate surface area is 73.8 Å². The maximum absolute atomic E-state index is 10.6. The van der Waals surface area contributed by atoms with Crippen molar-refractivity contribution in [2.45, 2.75) is 19.3 Å². The van der Waals surface area contributed by atoms with Gasteiger partial charge in [0.15, 0.2) is 0 Å². The summed E-state index contributed by atoms with van der Waals surface area (Å²) in [7, 11) is 1.41. The average molecular weight is 171 g/mol. The average Bonchev–Trinajstić information content (AvgIpc) is 2.10. The normalized spacial score (nSPS) is 9.42. The molecule has 0 radical (unpaired) electrons. The molecule has 0 bridgehead atoms. The van der Waals surface area contributed by atoms with Crippen molar-refractivity contribution in [2.24, 2.45) is 0 Å². The Morgan fingerprint density at radius 1 is 1.58 bits per heavy atom. The van der Waals surface area contributed by atoms with Crippen LogP contribution in [0.5, 0.6) is 0 Å². The second-order valence-corrected chi connectivity index (χ2v) is 2.51. The highest BCUT2D eigenvalue weighted by atomic mass is 16.5. The lowest BCUT2D eigenvalue weighted by Gasteiger charge is -2.01. The SMILES string of the molecule is C=CCCNCCCC(=O)OC. The third-order valence-corrected chi connectivity index (χ3v) is 1.49. The van der Waals surface area contributed by atoms with Gasteiger partial charge in [0.25, 0.3) is 0 Å². The quantitative estimate of drug-likeness (QED) is 0.354. The third-order valence-electron chi connectivity index (χ3n) is 1.49. The number of ether oxygens (including phenoxy) is 1. The van der Waals surface area contributed by atoms with E-state index in [4.69, 9.17) is 0 Å². The zero-order valence-electron chi connectivity index (χ0n) is 7.64. The van der Waals surface area contributed by atoms with Crippen LogP contribution in [-0.2, 0) is 9.53 Å². The number of methoxy groups -OCH3 is 1. The fourth-order valence-corrected chi connectivity index (χ4v) is 0.789. The Balaban J connectivity index is 3.00. The molecule has 0 saturated heterocycles. The lowest BCUT2D eigenvalue weighted by molar-refractivity contribution is -0.140. The fraction of sp³-hybridized carbons (Fsp3) is 0.667. The Kier molecular flexibility index (Phi) is 7.70. The standard InChI is InChI=1S/C9H17NO2/c1-3-4-7-10-8-5-6-9(11)12-2/h3,10H,1,4-8H2,2H3. The van der Waals surface area contributed by atoms with Gasteiger partial charge in [0.1, 0.15) is 0 Å². The van der Waals surface area contributed by atoms with Gasteiger partial charge in [0.2, 0.25) is 0 Å². The molecule has 0 aliphatic heterocycles. The van der Waals surface area contributed by atoms with E-state index in [9.17, 15) is 4.79 Å². The smallest absolute Gasteiger partial charge is 0.305 e. The lowest BCUT2D eigenvalue weighted by atomic mass is 10.3. The minimum Gasteiger partial charge on any atom is -0.469 e. The van der Waals surface area contributed by atoms with Gasteiger partial charge in [-0.2, -0.15) is 0 Å². The van der Waals surface area contributed by atoms with Crippen LogP contribution < -0.4 is 5.32 Å². The zero-order chi connectivity index (χ0) is 9.23. The number of hydrogen-bond acceptors (Lipinski definition) is 3. The summed E-state index contributed by atoms with van der Waals surface area (Å²) in [4.78, 5) is 10.6. The van der Waals surface area contributed by atoms with Gasteiger partial charge in [0, 0.05) is 6.42 Å². The molecule has 1 N–H and O–H groups in total. The number of carbonyl (C=O) groups is 1. The summed E-state index contributed by atoms with van der Waals surface area (Å²) >= 11 is 0. The van der Waals surface area contributed by atoms with E-state index >= 15 is 0 Å². The second kappa shape index (κ2) is 8.27. The van der Waals surface area contributed by atoms with Crippen LogP contribution in [0, 0.1) is 0 Å². The van der Waals surface area contributed by atoms with Gasteiger partial charge in [-0.1, -0.05) is 6.08 Å². The Hall–Kier alpha value is -0.830. The molecule has 0 heterocycles. The maximum Gasteiger partial charge on any atom is 0.305 e. The molecule has 0 rings (SSSR count). The molecule has 0 aromatic rings. The number of hydrogen-bond donors (Lipinski definition) is 1. The highest BCUT2D eigenvalue weighted by molar-refractivity contribution is 5.68. The first-order valence-electron chi connectivity index (χ1n) is 4.19. The summed E-state index contributed by atoms with van der Waals surface area (Å²) in [6.45, 7) is 5.41. The monoisotopic (exact) mass is 171 g/mol. The zero-order valence-corrected chi connectivity index (χ0v) is 7.64. The number of rotatable bonds is 7. The summed E-state index contributed by atoms with van der Waals surface area (Å²) in [5.74, 6) is -0.138. The van der Waals surface area contributed by atoms with Gasteiger partial charge in [-0.15, -0.1) is 6.58 Å². The Morgan fingerprint density at radius 2 is 2.33 bits per heavy atom. The molecule has 3 heteroatoms. The van der Waals surface area contributed by atoms with E-state index in [1.54, 1.807) is 0 Å². The van der Waals surface area contributed by atoms with E-state index in [-0.39, 0.29) is 5.97 Å². The summed E-state index contributed by atoms with van der Waals surface area (Å²) in [5, 5.41) is 3.19. The van der Waals surface area contributed by atoms with Gasteiger partial charge in [0.05, 0.1) is 7.11 Å². The topological polar surface area (TPSA) is 38.3 Å². The molecule has 0 aliphatic carbocycles. The van der Waals surface area contributed by atoms with Crippen molar-refractivity contribution < 1.29 is 9.53 Å². The van der Waals surface area contributed by atoms with Crippen LogP contribution in [0.15, 0.2) is 12.7 Å². The number of esters is 1. The molecule has 0 saturated carbocycles. The summed E-state index contributed by atoms with van der Waals surface area (Å²) < 4.78 is 4.50. The van der Waals surface area contributed by atoms with Gasteiger partial charge in [-0.3, -0.25) is 4.79 Å². The molecule has 0 aromatic heterocycles. The first-order valence-corrected chi connectivity index (χ1v) is 4.19. The highest BCUT2D eigenvalue weighted by Crippen LogP contribution is 1.89. The van der Waals surface area contributed by atoms with Crippen LogP contribution in [0.3, 0.4) is 0 Å². The number of nitrogens with one attached hydrogen (secondary N) is 1. The van der Waals surface area contributed by atoms with E-state index in [1.807, 2.05) is 6.08 Å². The minimum absolute atomic E-state index is 0.138. The van der Waals surface area contributed by atoms with Gasteiger partial charge in [-0.05, 0) is 25.9 Å². The lowest BCUT2D eigenvalue weighted by Crippen LogP contribution is -2.17. The molecule has 0 aliphatic rings. The third kappa shape index (κ3) is 7.28. The van der Waals surface area contributed by atoms with Gasteiger partial charge >= 0.3 is 5.97 Å². The van der Waals surface area contributed by atoms with Crippen molar-refractivity contribution in [2.75, 3.05) is 20.2 Å². The molecular weight excluding hydrogens is 154 g/mol. The molecule has 0 fully saturated rings. The van der Waals surface area contributed by atoms with Crippen molar-refractivity contribution >= 4 is 5.97 Å². The van der Waals surface area contributed by atoms with Crippen LogP contribution in [-0.4, -0.2) is 26.2 Å². The van der Waals surface area contributed by atoms with Gasteiger partial charge < -0.3 is 10.1 Å². The second-order valence-electron chi connectivity index (χ2n) is 2.51. The van der Waals surface area contributed by atoms with Crippen molar-refractivity contribution in [1.82, 2.24) is 5.32 Å². The molecule has 12 heavy (non-hydrogen) atoms. The predicted molar refractivity (Wildman–Crippen MR) is 48.9 cm³/mol. The van der Waals surface area contributed by atoms with Crippen molar-refractivity contribution in [1.29, 1.82) is 0 Å². The first kappa shape index (κ1) is 11.2. The number of carbonyl (C=O) groups excluding carboxylic acids is 1. The first-order chi connectivity index (χ1) is 5.81.